The number of sulfonamides is 1. The fourth-order valence-corrected chi connectivity index (χ4v) is 6.24. The molecule has 2 amide bonds. The van der Waals surface area contributed by atoms with E-state index in [9.17, 15) is 18.0 Å². The summed E-state index contributed by atoms with van der Waals surface area (Å²) in [5, 5.41) is 6.91. The predicted octanol–water partition coefficient (Wildman–Crippen LogP) is 2.73. The largest absolute Gasteiger partial charge is 0.388 e. The van der Waals surface area contributed by atoms with E-state index in [4.69, 9.17) is 4.84 Å². The first kappa shape index (κ1) is 28.4. The number of hydrogen-bond donors (Lipinski definition) is 2. The fourth-order valence-electron chi connectivity index (χ4n) is 5.06. The second kappa shape index (κ2) is 12.2. The van der Waals surface area contributed by atoms with Gasteiger partial charge in [0.25, 0.3) is 5.91 Å². The molecule has 1 fully saturated rings. The van der Waals surface area contributed by atoms with Crippen LogP contribution in [0.25, 0.3) is 0 Å². The number of hydrogen-bond acceptors (Lipinski definition) is 7. The number of carbonyl (C=O) groups is 2. The molecule has 1 aromatic heterocycles. The van der Waals surface area contributed by atoms with Crippen molar-refractivity contribution in [2.24, 2.45) is 5.16 Å². The Kier molecular flexibility index (Phi) is 8.46. The molecule has 1 spiro atoms. The zero-order chi connectivity index (χ0) is 28.9. The summed E-state index contributed by atoms with van der Waals surface area (Å²) in [7, 11) is -3.93. The lowest BCUT2D eigenvalue weighted by atomic mass is 9.86. The molecule has 2 aromatic carbocycles. The first-order valence-corrected chi connectivity index (χ1v) is 15.1. The van der Waals surface area contributed by atoms with Crippen molar-refractivity contribution in [1.29, 1.82) is 0 Å². The average molecular weight is 576 g/mol. The Morgan fingerprint density at radius 3 is 2.39 bits per heavy atom. The topological polar surface area (TPSA) is 130 Å². The van der Waals surface area contributed by atoms with Gasteiger partial charge in [-0.2, -0.15) is 4.72 Å². The van der Waals surface area contributed by atoms with Crippen molar-refractivity contribution >= 4 is 27.5 Å². The van der Waals surface area contributed by atoms with E-state index in [0.717, 1.165) is 16.7 Å². The van der Waals surface area contributed by atoms with Gasteiger partial charge in [-0.25, -0.2) is 8.42 Å². The van der Waals surface area contributed by atoms with Gasteiger partial charge in [-0.05, 0) is 42.7 Å². The number of aromatic nitrogens is 1. The number of rotatable bonds is 9. The van der Waals surface area contributed by atoms with Gasteiger partial charge in [-0.3, -0.25) is 14.6 Å². The summed E-state index contributed by atoms with van der Waals surface area (Å²) in [6, 6.07) is 18.6. The Morgan fingerprint density at radius 2 is 1.71 bits per heavy atom. The summed E-state index contributed by atoms with van der Waals surface area (Å²) < 4.78 is 29.1. The van der Waals surface area contributed by atoms with E-state index in [-0.39, 0.29) is 23.1 Å². The summed E-state index contributed by atoms with van der Waals surface area (Å²) in [5.41, 5.74) is 2.33. The molecule has 5 rings (SSSR count). The second-order valence-corrected chi connectivity index (χ2v) is 12.2. The third-order valence-corrected chi connectivity index (χ3v) is 8.96. The minimum atomic E-state index is -3.93. The Balaban J connectivity index is 1.21. The fraction of sp³-hybridized carbons (Fsp3) is 0.333. The van der Waals surface area contributed by atoms with Crippen molar-refractivity contribution in [3.05, 3.63) is 95.8 Å². The molecule has 214 valence electrons. The maximum atomic E-state index is 13.7. The Morgan fingerprint density at radius 1 is 1.00 bits per heavy atom. The maximum Gasteiger partial charge on any atom is 0.269 e. The summed E-state index contributed by atoms with van der Waals surface area (Å²) in [6.45, 7) is 2.93. The van der Waals surface area contributed by atoms with Gasteiger partial charge in [0.1, 0.15) is 17.4 Å². The predicted molar refractivity (Wildman–Crippen MR) is 153 cm³/mol. The molecule has 0 saturated carbocycles. The normalized spacial score (nSPS) is 17.0. The molecule has 1 saturated heterocycles. The van der Waals surface area contributed by atoms with Crippen molar-refractivity contribution in [2.45, 2.75) is 55.7 Å². The van der Waals surface area contributed by atoms with Crippen LogP contribution in [0, 0.1) is 6.92 Å². The lowest BCUT2D eigenvalue weighted by Gasteiger charge is -2.38. The number of likely N-dealkylation sites (tertiary alicyclic amines) is 1. The van der Waals surface area contributed by atoms with E-state index >= 15 is 0 Å². The highest BCUT2D eigenvalue weighted by Crippen LogP contribution is 2.35. The molecule has 10 nitrogen and oxygen atoms in total. The average Bonchev–Trinajstić information content (AvgIpc) is 3.40. The summed E-state index contributed by atoms with van der Waals surface area (Å²) in [5.74, 6) is -0.592. The maximum absolute atomic E-state index is 13.7. The summed E-state index contributed by atoms with van der Waals surface area (Å²) in [6.07, 6.45) is 4.88. The van der Waals surface area contributed by atoms with Crippen LogP contribution in [0.1, 0.15) is 36.0 Å². The van der Waals surface area contributed by atoms with Crippen molar-refractivity contribution in [3.8, 4) is 0 Å². The molecule has 2 aliphatic rings. The summed E-state index contributed by atoms with van der Waals surface area (Å²) >= 11 is 0. The quantitative estimate of drug-likeness (QED) is 0.404. The number of piperidine rings is 1. The van der Waals surface area contributed by atoms with Crippen molar-refractivity contribution in [2.75, 3.05) is 13.1 Å². The molecule has 1 unspecified atom stereocenters. The van der Waals surface area contributed by atoms with Gasteiger partial charge in [0.2, 0.25) is 15.9 Å². The van der Waals surface area contributed by atoms with Gasteiger partial charge in [-0.15, -0.1) is 0 Å². The smallest absolute Gasteiger partial charge is 0.269 e. The van der Waals surface area contributed by atoms with Gasteiger partial charge in [0.05, 0.1) is 4.90 Å². The van der Waals surface area contributed by atoms with Gasteiger partial charge in [-0.1, -0.05) is 59.3 Å². The first-order chi connectivity index (χ1) is 19.7. The van der Waals surface area contributed by atoms with Crippen molar-refractivity contribution in [3.63, 3.8) is 0 Å². The molecular formula is C30H33N5O5S. The molecular weight excluding hydrogens is 542 g/mol. The van der Waals surface area contributed by atoms with Crippen molar-refractivity contribution < 1.29 is 22.8 Å². The zero-order valence-electron chi connectivity index (χ0n) is 22.8. The van der Waals surface area contributed by atoms with Crippen LogP contribution in [0.15, 0.2) is 89.2 Å². The van der Waals surface area contributed by atoms with Crippen LogP contribution in [0.5, 0.6) is 0 Å². The number of pyridine rings is 1. The van der Waals surface area contributed by atoms with Crippen LogP contribution >= 0.6 is 0 Å². The zero-order valence-corrected chi connectivity index (χ0v) is 23.6. The third-order valence-electron chi connectivity index (χ3n) is 7.47. The van der Waals surface area contributed by atoms with E-state index in [0.29, 0.717) is 44.6 Å². The van der Waals surface area contributed by atoms with Crippen LogP contribution < -0.4 is 10.0 Å². The minimum absolute atomic E-state index is 0.109. The number of oxime groups is 1. The molecule has 0 bridgehead atoms. The van der Waals surface area contributed by atoms with Gasteiger partial charge >= 0.3 is 0 Å². The number of aryl methyl sites for hydroxylation is 1. The molecule has 41 heavy (non-hydrogen) atoms. The monoisotopic (exact) mass is 575 g/mol. The van der Waals surface area contributed by atoms with E-state index in [1.807, 2.05) is 43.3 Å². The van der Waals surface area contributed by atoms with Crippen LogP contribution in [-0.2, 0) is 37.4 Å². The SMILES string of the molecule is Cc1ccc(S(=O)(=O)NC(Cc2ccccc2)C(=O)N2CCC3(CC2)CC(C(=O)NCc2cccnc2)=NO3)cc1. The molecule has 1 atom stereocenters. The Labute approximate surface area is 239 Å². The molecule has 0 radical (unpaired) electrons. The van der Waals surface area contributed by atoms with Gasteiger partial charge < -0.3 is 15.1 Å². The van der Waals surface area contributed by atoms with Gasteiger partial charge in [0.15, 0.2) is 0 Å². The first-order valence-electron chi connectivity index (χ1n) is 13.6. The minimum Gasteiger partial charge on any atom is -0.388 e. The second-order valence-electron chi connectivity index (χ2n) is 10.5. The van der Waals surface area contributed by atoms with E-state index in [1.165, 1.54) is 12.1 Å². The number of nitrogens with zero attached hydrogens (tertiary/aromatic N) is 3. The molecule has 2 aliphatic heterocycles. The number of nitrogens with one attached hydrogen (secondary N) is 2. The number of benzene rings is 2. The number of carbonyl (C=O) groups excluding carboxylic acids is 2. The molecule has 0 aliphatic carbocycles. The van der Waals surface area contributed by atoms with Crippen molar-refractivity contribution in [1.82, 2.24) is 19.9 Å². The number of amides is 2. The van der Waals surface area contributed by atoms with Crippen LogP contribution in [-0.4, -0.2) is 60.6 Å². The van der Waals surface area contributed by atoms with Gasteiger partial charge in [0, 0.05) is 51.3 Å². The van der Waals surface area contributed by atoms with E-state index < -0.39 is 21.7 Å². The highest BCUT2D eigenvalue weighted by atomic mass is 32.2. The summed E-state index contributed by atoms with van der Waals surface area (Å²) in [4.78, 5) is 38.0. The van der Waals surface area contributed by atoms with Crippen LogP contribution in [0.2, 0.25) is 0 Å². The van der Waals surface area contributed by atoms with E-state index in [1.54, 1.807) is 35.5 Å². The van der Waals surface area contributed by atoms with Crippen LogP contribution in [0.4, 0.5) is 0 Å². The standard InChI is InChI=1S/C30H33N5O5S/c1-22-9-11-25(12-10-22)41(38,39)34-26(18-23-6-3-2-4-7-23)29(37)35-16-13-30(14-17-35)19-27(33-40-30)28(36)32-21-24-8-5-15-31-20-24/h2-12,15,20,26,34H,13-14,16-19,21H2,1H3,(H,32,36). The highest BCUT2D eigenvalue weighted by molar-refractivity contribution is 7.89. The molecule has 11 heteroatoms. The Bertz CT molecular complexity index is 1500. The molecule has 2 N–H and O–H groups in total. The Hall–Kier alpha value is -4.09. The molecule has 3 aromatic rings. The van der Waals surface area contributed by atoms with E-state index in [2.05, 4.69) is 20.2 Å². The lowest BCUT2D eigenvalue weighted by molar-refractivity contribution is -0.138. The lowest BCUT2D eigenvalue weighted by Crippen LogP contribution is -2.54. The molecule has 3 heterocycles. The third kappa shape index (κ3) is 6.98. The van der Waals surface area contributed by atoms with Crippen LogP contribution in [0.3, 0.4) is 0 Å². The highest BCUT2D eigenvalue weighted by Gasteiger charge is 2.45.